The maximum absolute atomic E-state index is 12.3. The smallest absolute Gasteiger partial charge is 0.266 e. The number of ether oxygens (including phenoxy) is 1. The van der Waals surface area contributed by atoms with Crippen LogP contribution < -0.4 is 10.1 Å². The Morgan fingerprint density at radius 2 is 2.00 bits per heavy atom. The van der Waals surface area contributed by atoms with Gasteiger partial charge < -0.3 is 10.1 Å². The van der Waals surface area contributed by atoms with Crippen molar-refractivity contribution in [3.8, 4) is 11.6 Å². The minimum atomic E-state index is -0.652. The van der Waals surface area contributed by atoms with E-state index < -0.39 is 6.10 Å². The van der Waals surface area contributed by atoms with Gasteiger partial charge in [-0.2, -0.15) is 0 Å². The standard InChI is InChI=1S/C17H17N5O2/c1-12(24-14-6-4-3-5-7-14)17(23)21-15-10-16(20-11-19-15)22-9-8-18-13(22)2/h3-12H,1-2H3,(H,19,20,21,23). The van der Waals surface area contributed by atoms with Gasteiger partial charge in [0.25, 0.3) is 5.91 Å². The minimum absolute atomic E-state index is 0.286. The zero-order chi connectivity index (χ0) is 16.9. The second kappa shape index (κ2) is 6.91. The van der Waals surface area contributed by atoms with Crippen molar-refractivity contribution in [3.63, 3.8) is 0 Å². The van der Waals surface area contributed by atoms with Crippen molar-refractivity contribution in [2.45, 2.75) is 20.0 Å². The van der Waals surface area contributed by atoms with Crippen molar-refractivity contribution in [1.29, 1.82) is 0 Å². The molecule has 0 aliphatic carbocycles. The first-order valence-electron chi connectivity index (χ1n) is 7.48. The van der Waals surface area contributed by atoms with Crippen LogP contribution in [0, 0.1) is 6.92 Å². The van der Waals surface area contributed by atoms with Crippen LogP contribution >= 0.6 is 0 Å². The molecule has 1 amide bonds. The summed E-state index contributed by atoms with van der Waals surface area (Å²) in [5, 5.41) is 2.73. The lowest BCUT2D eigenvalue weighted by Crippen LogP contribution is -2.30. The van der Waals surface area contributed by atoms with E-state index >= 15 is 0 Å². The average molecular weight is 323 g/mol. The zero-order valence-corrected chi connectivity index (χ0v) is 13.4. The molecule has 0 fully saturated rings. The molecule has 0 aliphatic rings. The van der Waals surface area contributed by atoms with Gasteiger partial charge in [-0.3, -0.25) is 9.36 Å². The Bertz CT molecular complexity index is 832. The molecule has 0 radical (unpaired) electrons. The molecule has 1 atom stereocenters. The van der Waals surface area contributed by atoms with Crippen molar-refractivity contribution < 1.29 is 9.53 Å². The number of nitrogens with one attached hydrogen (secondary N) is 1. The van der Waals surface area contributed by atoms with Gasteiger partial charge >= 0.3 is 0 Å². The number of hydrogen-bond acceptors (Lipinski definition) is 5. The number of nitrogens with zero attached hydrogens (tertiary/aromatic N) is 4. The first kappa shape index (κ1) is 15.7. The molecule has 1 aromatic carbocycles. The molecule has 7 nitrogen and oxygen atoms in total. The fourth-order valence-corrected chi connectivity index (χ4v) is 2.15. The summed E-state index contributed by atoms with van der Waals surface area (Å²) in [5.41, 5.74) is 0. The van der Waals surface area contributed by atoms with Crippen LogP contribution in [0.1, 0.15) is 12.7 Å². The number of hydrogen-bond donors (Lipinski definition) is 1. The number of benzene rings is 1. The number of imidazole rings is 1. The van der Waals surface area contributed by atoms with Gasteiger partial charge in [-0.15, -0.1) is 0 Å². The van der Waals surface area contributed by atoms with Crippen LogP contribution in [0.25, 0.3) is 5.82 Å². The highest BCUT2D eigenvalue weighted by Gasteiger charge is 2.16. The third-order valence-electron chi connectivity index (χ3n) is 3.40. The summed E-state index contributed by atoms with van der Waals surface area (Å²) in [6, 6.07) is 10.9. The Labute approximate surface area is 139 Å². The van der Waals surface area contributed by atoms with Crippen LogP contribution in [0.15, 0.2) is 55.1 Å². The average Bonchev–Trinajstić information content (AvgIpc) is 3.02. The van der Waals surface area contributed by atoms with Crippen LogP contribution in [0.4, 0.5) is 5.82 Å². The highest BCUT2D eigenvalue weighted by molar-refractivity contribution is 5.93. The summed E-state index contributed by atoms with van der Waals surface area (Å²) < 4.78 is 7.41. The molecule has 3 rings (SSSR count). The van der Waals surface area contributed by atoms with Crippen molar-refractivity contribution in [2.75, 3.05) is 5.32 Å². The lowest BCUT2D eigenvalue weighted by molar-refractivity contribution is -0.122. The zero-order valence-electron chi connectivity index (χ0n) is 13.4. The van der Waals surface area contributed by atoms with Crippen LogP contribution in [0.2, 0.25) is 0 Å². The third kappa shape index (κ3) is 3.57. The minimum Gasteiger partial charge on any atom is -0.481 e. The molecule has 2 aromatic heterocycles. The van der Waals surface area contributed by atoms with Crippen LogP contribution in [-0.2, 0) is 4.79 Å². The first-order valence-corrected chi connectivity index (χ1v) is 7.48. The quantitative estimate of drug-likeness (QED) is 0.779. The molecule has 3 aromatic rings. The highest BCUT2D eigenvalue weighted by atomic mass is 16.5. The van der Waals surface area contributed by atoms with Gasteiger partial charge in [-0.1, -0.05) is 18.2 Å². The highest BCUT2D eigenvalue weighted by Crippen LogP contribution is 2.13. The Morgan fingerprint density at radius 3 is 2.71 bits per heavy atom. The molecule has 7 heteroatoms. The fraction of sp³-hybridized carbons (Fsp3) is 0.176. The lowest BCUT2D eigenvalue weighted by Gasteiger charge is -2.14. The Hall–Kier alpha value is -3.22. The lowest BCUT2D eigenvalue weighted by atomic mass is 10.3. The number of aromatic nitrogens is 4. The summed E-state index contributed by atoms with van der Waals surface area (Å²) >= 11 is 0. The van der Waals surface area contributed by atoms with Gasteiger partial charge in [0.05, 0.1) is 0 Å². The number of aryl methyl sites for hydroxylation is 1. The molecule has 24 heavy (non-hydrogen) atoms. The second-order valence-corrected chi connectivity index (χ2v) is 5.17. The van der Waals surface area contributed by atoms with Gasteiger partial charge in [0.15, 0.2) is 6.10 Å². The topological polar surface area (TPSA) is 81.9 Å². The van der Waals surface area contributed by atoms with E-state index in [1.807, 2.05) is 25.1 Å². The van der Waals surface area contributed by atoms with Crippen LogP contribution in [0.5, 0.6) is 5.75 Å². The molecule has 0 aliphatic heterocycles. The van der Waals surface area contributed by atoms with E-state index in [1.165, 1.54) is 6.33 Å². The Morgan fingerprint density at radius 1 is 1.21 bits per heavy atom. The molecule has 122 valence electrons. The van der Waals surface area contributed by atoms with E-state index in [0.29, 0.717) is 17.4 Å². The van der Waals surface area contributed by atoms with Gasteiger partial charge in [0.2, 0.25) is 0 Å². The van der Waals surface area contributed by atoms with E-state index in [4.69, 9.17) is 4.74 Å². The predicted octanol–water partition coefficient (Wildman–Crippen LogP) is 2.38. The van der Waals surface area contributed by atoms with Gasteiger partial charge in [0.1, 0.15) is 29.5 Å². The van der Waals surface area contributed by atoms with E-state index in [1.54, 1.807) is 42.1 Å². The summed E-state index contributed by atoms with van der Waals surface area (Å²) in [5.74, 6) is 2.18. The third-order valence-corrected chi connectivity index (χ3v) is 3.40. The maximum Gasteiger partial charge on any atom is 0.266 e. The molecular weight excluding hydrogens is 306 g/mol. The summed E-state index contributed by atoms with van der Waals surface area (Å²) in [7, 11) is 0. The molecule has 2 heterocycles. The largest absolute Gasteiger partial charge is 0.481 e. The molecule has 1 unspecified atom stereocenters. The molecule has 0 spiro atoms. The number of para-hydroxylation sites is 1. The molecule has 0 saturated carbocycles. The molecule has 1 N–H and O–H groups in total. The monoisotopic (exact) mass is 323 g/mol. The van der Waals surface area contributed by atoms with E-state index in [0.717, 1.165) is 5.82 Å². The fourth-order valence-electron chi connectivity index (χ4n) is 2.15. The molecular formula is C17H17N5O2. The summed E-state index contributed by atoms with van der Waals surface area (Å²) in [6.45, 7) is 3.56. The van der Waals surface area contributed by atoms with Crippen molar-refractivity contribution in [1.82, 2.24) is 19.5 Å². The molecule has 0 bridgehead atoms. The maximum atomic E-state index is 12.3. The van der Waals surface area contributed by atoms with Crippen molar-refractivity contribution in [2.24, 2.45) is 0 Å². The number of anilines is 1. The normalized spacial score (nSPS) is 11.8. The van der Waals surface area contributed by atoms with Crippen LogP contribution in [0.3, 0.4) is 0 Å². The van der Waals surface area contributed by atoms with E-state index in [-0.39, 0.29) is 5.91 Å². The number of carbonyl (C=O) groups excluding carboxylic acids is 1. The van der Waals surface area contributed by atoms with E-state index in [9.17, 15) is 4.79 Å². The SMILES string of the molecule is Cc1nccn1-c1cc(NC(=O)C(C)Oc2ccccc2)ncn1. The summed E-state index contributed by atoms with van der Waals surface area (Å²) in [4.78, 5) is 24.7. The first-order chi connectivity index (χ1) is 11.6. The number of carbonyl (C=O) groups is 1. The molecule has 0 saturated heterocycles. The number of amides is 1. The van der Waals surface area contributed by atoms with Crippen molar-refractivity contribution >= 4 is 11.7 Å². The Kier molecular flexibility index (Phi) is 4.51. The second-order valence-electron chi connectivity index (χ2n) is 5.17. The number of rotatable bonds is 5. The van der Waals surface area contributed by atoms with Crippen LogP contribution in [-0.4, -0.2) is 31.5 Å². The van der Waals surface area contributed by atoms with E-state index in [2.05, 4.69) is 20.3 Å². The summed E-state index contributed by atoms with van der Waals surface area (Å²) in [6.07, 6.45) is 4.23. The predicted molar refractivity (Wildman–Crippen MR) is 89.1 cm³/mol. The Balaban J connectivity index is 1.69. The van der Waals surface area contributed by atoms with Gasteiger partial charge in [-0.05, 0) is 26.0 Å². The van der Waals surface area contributed by atoms with Gasteiger partial charge in [-0.25, -0.2) is 15.0 Å². The van der Waals surface area contributed by atoms with Gasteiger partial charge in [0, 0.05) is 18.5 Å². The van der Waals surface area contributed by atoms with Crippen molar-refractivity contribution in [3.05, 3.63) is 60.9 Å².